The fourth-order valence-corrected chi connectivity index (χ4v) is 3.41. The zero-order chi connectivity index (χ0) is 21.3. The lowest BCUT2D eigenvalue weighted by atomic mass is 10.1. The van der Waals surface area contributed by atoms with Crippen LogP contribution in [0, 0.1) is 6.92 Å². The number of halogens is 1. The summed E-state index contributed by atoms with van der Waals surface area (Å²) in [6.07, 6.45) is 1.77. The first kappa shape index (κ1) is 20.0. The van der Waals surface area contributed by atoms with Gasteiger partial charge in [0, 0.05) is 30.4 Å². The molecule has 0 atom stereocenters. The minimum atomic E-state index is -0.117. The average Bonchev–Trinajstić information content (AvgIpc) is 3.05. The van der Waals surface area contributed by atoms with Crippen molar-refractivity contribution in [3.8, 4) is 11.5 Å². The molecule has 0 unspecified atom stereocenters. The molecule has 0 radical (unpaired) electrons. The molecule has 152 valence electrons. The highest BCUT2D eigenvalue weighted by molar-refractivity contribution is 6.30. The van der Waals surface area contributed by atoms with Crippen molar-refractivity contribution >= 4 is 29.1 Å². The van der Waals surface area contributed by atoms with E-state index in [1.165, 1.54) is 0 Å². The lowest BCUT2D eigenvalue weighted by Gasteiger charge is -2.12. The normalized spacial score (nSPS) is 13.9. The van der Waals surface area contributed by atoms with E-state index < -0.39 is 0 Å². The summed E-state index contributed by atoms with van der Waals surface area (Å²) in [5.74, 6) is 1.45. The first-order valence-corrected chi connectivity index (χ1v) is 10.0. The fraction of sp³-hybridized carbons (Fsp3) is 0.160. The molecule has 3 aromatic rings. The van der Waals surface area contributed by atoms with Crippen LogP contribution in [-0.2, 0) is 6.61 Å². The number of hydrogen-bond donors (Lipinski definition) is 0. The van der Waals surface area contributed by atoms with Crippen molar-refractivity contribution in [2.24, 2.45) is 0 Å². The Balaban J connectivity index is 1.53. The van der Waals surface area contributed by atoms with Gasteiger partial charge in [-0.1, -0.05) is 35.9 Å². The van der Waals surface area contributed by atoms with E-state index in [4.69, 9.17) is 21.1 Å². The van der Waals surface area contributed by atoms with Crippen LogP contribution in [0.4, 0.5) is 5.69 Å². The Morgan fingerprint density at radius 3 is 2.37 bits per heavy atom. The van der Waals surface area contributed by atoms with E-state index in [-0.39, 0.29) is 5.78 Å². The summed E-state index contributed by atoms with van der Waals surface area (Å²) in [7, 11) is 3.98. The summed E-state index contributed by atoms with van der Waals surface area (Å²) in [4.78, 5) is 14.8. The number of carbonyl (C=O) groups excluding carboxylic acids is 1. The number of rotatable bonds is 5. The van der Waals surface area contributed by atoms with Crippen LogP contribution in [0.3, 0.4) is 0 Å². The molecule has 4 rings (SSSR count). The molecular weight excluding hydrogens is 398 g/mol. The van der Waals surface area contributed by atoms with Crippen molar-refractivity contribution in [2.45, 2.75) is 13.5 Å². The molecule has 1 aliphatic heterocycles. The maximum absolute atomic E-state index is 12.8. The van der Waals surface area contributed by atoms with Crippen molar-refractivity contribution in [1.29, 1.82) is 0 Å². The van der Waals surface area contributed by atoms with E-state index in [0.717, 1.165) is 22.4 Å². The van der Waals surface area contributed by atoms with Crippen molar-refractivity contribution < 1.29 is 14.3 Å². The third kappa shape index (κ3) is 4.05. The van der Waals surface area contributed by atoms with Gasteiger partial charge in [-0.3, -0.25) is 4.79 Å². The molecule has 0 saturated heterocycles. The molecule has 0 bridgehead atoms. The quantitative estimate of drug-likeness (QED) is 0.482. The van der Waals surface area contributed by atoms with Crippen LogP contribution in [0.5, 0.6) is 11.5 Å². The molecule has 1 aliphatic rings. The minimum Gasteiger partial charge on any atom is -0.488 e. The predicted molar refractivity (Wildman–Crippen MR) is 121 cm³/mol. The number of fused-ring (bicyclic) bond motifs is 1. The molecule has 0 N–H and O–H groups in total. The molecule has 0 saturated carbocycles. The third-order valence-electron chi connectivity index (χ3n) is 5.05. The van der Waals surface area contributed by atoms with Gasteiger partial charge in [-0.25, -0.2) is 0 Å². The third-order valence-corrected chi connectivity index (χ3v) is 5.30. The number of ketones is 1. The van der Waals surface area contributed by atoms with Crippen molar-refractivity contribution in [3.05, 3.63) is 93.7 Å². The van der Waals surface area contributed by atoms with Crippen molar-refractivity contribution in [3.63, 3.8) is 0 Å². The Morgan fingerprint density at radius 2 is 1.70 bits per heavy atom. The molecule has 1 heterocycles. The van der Waals surface area contributed by atoms with E-state index in [1.807, 2.05) is 80.5 Å². The second kappa shape index (κ2) is 8.25. The van der Waals surface area contributed by atoms with Gasteiger partial charge in [0.15, 0.2) is 5.76 Å². The average molecular weight is 420 g/mol. The second-order valence-electron chi connectivity index (χ2n) is 7.41. The lowest BCUT2D eigenvalue weighted by molar-refractivity contribution is 0.101. The number of ether oxygens (including phenoxy) is 2. The SMILES string of the molecule is Cc1c(OCc2ccc(Cl)cc2)ccc2c1O/C(=C\c1ccc(N(C)C)cc1)C2=O. The van der Waals surface area contributed by atoms with E-state index in [1.54, 1.807) is 12.1 Å². The first-order valence-electron chi connectivity index (χ1n) is 9.65. The summed E-state index contributed by atoms with van der Waals surface area (Å²) >= 11 is 5.93. The maximum atomic E-state index is 12.8. The topological polar surface area (TPSA) is 38.8 Å². The fourth-order valence-electron chi connectivity index (χ4n) is 3.29. The lowest BCUT2D eigenvalue weighted by Crippen LogP contribution is -2.08. The summed E-state index contributed by atoms with van der Waals surface area (Å²) in [5, 5.41) is 0.690. The number of allylic oxidation sites excluding steroid dienone is 1. The van der Waals surface area contributed by atoms with Gasteiger partial charge in [-0.15, -0.1) is 0 Å². The van der Waals surface area contributed by atoms with Crippen LogP contribution in [-0.4, -0.2) is 19.9 Å². The molecule has 0 aliphatic carbocycles. The summed E-state index contributed by atoms with van der Waals surface area (Å²) in [6.45, 7) is 2.31. The van der Waals surface area contributed by atoms with Gasteiger partial charge >= 0.3 is 0 Å². The van der Waals surface area contributed by atoms with E-state index in [0.29, 0.717) is 34.5 Å². The van der Waals surface area contributed by atoms with Crippen LogP contribution >= 0.6 is 11.6 Å². The highest BCUT2D eigenvalue weighted by Crippen LogP contribution is 2.39. The Kier molecular flexibility index (Phi) is 5.51. The van der Waals surface area contributed by atoms with Gasteiger partial charge in [0.1, 0.15) is 18.1 Å². The molecular formula is C25H22ClNO3. The number of Topliss-reactive ketones (excluding diaryl/α,β-unsaturated/α-hetero) is 1. The molecule has 4 nitrogen and oxygen atoms in total. The number of benzene rings is 3. The Labute approximate surface area is 181 Å². The van der Waals surface area contributed by atoms with Crippen LogP contribution < -0.4 is 14.4 Å². The highest BCUT2D eigenvalue weighted by atomic mass is 35.5. The van der Waals surface area contributed by atoms with Crippen LogP contribution in [0.15, 0.2) is 66.4 Å². The van der Waals surface area contributed by atoms with Crippen LogP contribution in [0.2, 0.25) is 5.02 Å². The summed E-state index contributed by atoms with van der Waals surface area (Å²) < 4.78 is 11.9. The Hall–Kier alpha value is -3.24. The Morgan fingerprint density at radius 1 is 1.00 bits per heavy atom. The molecule has 30 heavy (non-hydrogen) atoms. The van der Waals surface area contributed by atoms with Gasteiger partial charge in [0.05, 0.1) is 5.56 Å². The number of anilines is 1. The monoisotopic (exact) mass is 419 g/mol. The van der Waals surface area contributed by atoms with E-state index in [9.17, 15) is 4.79 Å². The largest absolute Gasteiger partial charge is 0.488 e. The summed E-state index contributed by atoms with van der Waals surface area (Å²) in [5.41, 5.74) is 4.38. The van der Waals surface area contributed by atoms with Gasteiger partial charge in [0.2, 0.25) is 5.78 Å². The standard InChI is InChI=1S/C25H22ClNO3/c1-16-22(29-15-18-4-8-19(26)9-5-18)13-12-21-24(28)23(30-25(16)21)14-17-6-10-20(11-7-17)27(2)3/h4-14H,15H2,1-3H3/b23-14-. The van der Waals surface area contributed by atoms with Crippen molar-refractivity contribution in [2.75, 3.05) is 19.0 Å². The molecule has 5 heteroatoms. The molecule has 3 aromatic carbocycles. The predicted octanol–water partition coefficient (Wildman–Crippen LogP) is 5.91. The molecule has 0 fully saturated rings. The maximum Gasteiger partial charge on any atom is 0.231 e. The van der Waals surface area contributed by atoms with Crippen LogP contribution in [0.25, 0.3) is 6.08 Å². The van der Waals surface area contributed by atoms with Crippen molar-refractivity contribution in [1.82, 2.24) is 0 Å². The smallest absolute Gasteiger partial charge is 0.231 e. The summed E-state index contributed by atoms with van der Waals surface area (Å²) in [6, 6.07) is 19.0. The highest BCUT2D eigenvalue weighted by Gasteiger charge is 2.30. The number of hydrogen-bond acceptors (Lipinski definition) is 4. The second-order valence-corrected chi connectivity index (χ2v) is 7.84. The zero-order valence-corrected chi connectivity index (χ0v) is 17.9. The van der Waals surface area contributed by atoms with E-state index in [2.05, 4.69) is 0 Å². The van der Waals surface area contributed by atoms with Gasteiger partial charge in [-0.2, -0.15) is 0 Å². The van der Waals surface area contributed by atoms with Gasteiger partial charge in [-0.05, 0) is 60.5 Å². The molecule has 0 aromatic heterocycles. The minimum absolute atomic E-state index is 0.117. The first-order chi connectivity index (χ1) is 14.4. The van der Waals surface area contributed by atoms with Crippen LogP contribution in [0.1, 0.15) is 27.0 Å². The van der Waals surface area contributed by atoms with E-state index >= 15 is 0 Å². The zero-order valence-electron chi connectivity index (χ0n) is 17.1. The molecule has 0 spiro atoms. The number of carbonyl (C=O) groups is 1. The van der Waals surface area contributed by atoms with Gasteiger partial charge < -0.3 is 14.4 Å². The Bertz CT molecular complexity index is 1120. The number of nitrogens with zero attached hydrogens (tertiary/aromatic N) is 1. The molecule has 0 amide bonds. The van der Waals surface area contributed by atoms with Gasteiger partial charge in [0.25, 0.3) is 0 Å².